The number of rotatable bonds is 6. The molecular formula is C23H20N4O. The van der Waals surface area contributed by atoms with Crippen molar-refractivity contribution in [3.8, 4) is 0 Å². The number of anilines is 3. The highest BCUT2D eigenvalue weighted by Gasteiger charge is 2.01. The van der Waals surface area contributed by atoms with E-state index in [9.17, 15) is 4.79 Å². The molecule has 0 saturated carbocycles. The first kappa shape index (κ1) is 18.7. The van der Waals surface area contributed by atoms with Crippen molar-refractivity contribution >= 4 is 34.7 Å². The highest BCUT2D eigenvalue weighted by Crippen LogP contribution is 2.19. The highest BCUT2D eigenvalue weighted by atomic mass is 16.1. The van der Waals surface area contributed by atoms with E-state index < -0.39 is 0 Å². The quantitative estimate of drug-likeness (QED) is 0.323. The van der Waals surface area contributed by atoms with E-state index in [1.165, 1.54) is 6.08 Å². The number of para-hydroxylation sites is 2. The number of benzene rings is 3. The van der Waals surface area contributed by atoms with E-state index in [1.54, 1.807) is 24.3 Å². The number of nitrogen functional groups attached to an aromatic ring is 1. The molecule has 0 aliphatic rings. The summed E-state index contributed by atoms with van der Waals surface area (Å²) in [4.78, 5) is 15.5. The molecule has 0 bridgehead atoms. The fraction of sp³-hybridized carbons (Fsp3) is 0.0435. The molecule has 138 valence electrons. The molecule has 3 aromatic rings. The van der Waals surface area contributed by atoms with Crippen LogP contribution in [0.3, 0.4) is 0 Å². The second-order valence-corrected chi connectivity index (χ2v) is 6.17. The van der Waals surface area contributed by atoms with Gasteiger partial charge in [-0.25, -0.2) is 4.85 Å². The first-order chi connectivity index (χ1) is 13.6. The van der Waals surface area contributed by atoms with Gasteiger partial charge < -0.3 is 16.4 Å². The van der Waals surface area contributed by atoms with Gasteiger partial charge in [0.25, 0.3) is 0 Å². The third-order valence-electron chi connectivity index (χ3n) is 4.10. The van der Waals surface area contributed by atoms with E-state index >= 15 is 0 Å². The fourth-order valence-corrected chi connectivity index (χ4v) is 2.59. The van der Waals surface area contributed by atoms with E-state index in [0.29, 0.717) is 23.6 Å². The van der Waals surface area contributed by atoms with E-state index in [1.807, 2.05) is 54.6 Å². The average molecular weight is 368 g/mol. The van der Waals surface area contributed by atoms with Gasteiger partial charge in [-0.2, -0.15) is 0 Å². The molecule has 0 aliphatic carbocycles. The lowest BCUT2D eigenvalue weighted by Gasteiger charge is -2.07. The van der Waals surface area contributed by atoms with Crippen molar-refractivity contribution in [1.82, 2.24) is 0 Å². The summed E-state index contributed by atoms with van der Waals surface area (Å²) in [6.07, 6.45) is 3.24. The predicted octanol–water partition coefficient (Wildman–Crippen LogP) is 5.08. The van der Waals surface area contributed by atoms with Gasteiger partial charge in [0, 0.05) is 18.3 Å². The zero-order valence-corrected chi connectivity index (χ0v) is 15.2. The number of amides is 1. The molecule has 0 radical (unpaired) electrons. The first-order valence-electron chi connectivity index (χ1n) is 8.78. The summed E-state index contributed by atoms with van der Waals surface area (Å²) in [7, 11) is 0. The van der Waals surface area contributed by atoms with Crippen molar-refractivity contribution in [3.63, 3.8) is 0 Å². The third-order valence-corrected chi connectivity index (χ3v) is 4.10. The van der Waals surface area contributed by atoms with Crippen LogP contribution in [0.1, 0.15) is 11.1 Å². The largest absolute Gasteiger partial charge is 0.397 e. The molecule has 0 atom stereocenters. The molecule has 0 saturated heterocycles. The van der Waals surface area contributed by atoms with Gasteiger partial charge in [0.05, 0.1) is 17.9 Å². The Balaban J connectivity index is 1.55. The number of hydrogen-bond donors (Lipinski definition) is 3. The van der Waals surface area contributed by atoms with Crippen molar-refractivity contribution in [3.05, 3.63) is 101 Å². The lowest BCUT2D eigenvalue weighted by molar-refractivity contribution is -0.111. The number of carbonyl (C=O) groups is 1. The lowest BCUT2D eigenvalue weighted by Crippen LogP contribution is -2.09. The Hall–Kier alpha value is -4.04. The van der Waals surface area contributed by atoms with E-state index in [0.717, 1.165) is 16.8 Å². The second-order valence-electron chi connectivity index (χ2n) is 6.17. The minimum Gasteiger partial charge on any atom is -0.397 e. The number of nitrogens with two attached hydrogens (primary N) is 1. The van der Waals surface area contributed by atoms with E-state index in [4.69, 9.17) is 12.3 Å². The maximum atomic E-state index is 12.0. The van der Waals surface area contributed by atoms with Crippen molar-refractivity contribution in [2.45, 2.75) is 6.54 Å². The summed E-state index contributed by atoms with van der Waals surface area (Å²) in [5.74, 6) is -0.233. The van der Waals surface area contributed by atoms with Crippen LogP contribution in [0.5, 0.6) is 0 Å². The van der Waals surface area contributed by atoms with Crippen LogP contribution in [0.25, 0.3) is 10.9 Å². The molecule has 0 aromatic heterocycles. The second kappa shape index (κ2) is 9.06. The SMILES string of the molecule is [C-]#[N+]c1cccc(NCc2ccc(/C=C/C(=O)Nc3ccccc3N)cc2)c1. The van der Waals surface area contributed by atoms with Gasteiger partial charge in [0.2, 0.25) is 5.91 Å². The summed E-state index contributed by atoms with van der Waals surface area (Å²) < 4.78 is 0. The standard InChI is InChI=1S/C23H20N4O/c1-25-19-5-4-6-20(15-19)26-16-18-11-9-17(10-12-18)13-14-23(28)27-22-8-3-2-7-21(22)24/h2-15,26H,16,24H2,(H,27,28)/b14-13+. The highest BCUT2D eigenvalue weighted by molar-refractivity contribution is 6.03. The Morgan fingerprint density at radius 3 is 2.57 bits per heavy atom. The molecule has 0 aliphatic heterocycles. The van der Waals surface area contributed by atoms with Crippen LogP contribution in [-0.2, 0) is 11.3 Å². The monoisotopic (exact) mass is 368 g/mol. The van der Waals surface area contributed by atoms with Crippen molar-refractivity contribution in [2.75, 3.05) is 16.4 Å². The number of nitrogens with zero attached hydrogens (tertiary/aromatic N) is 1. The molecule has 0 heterocycles. The summed E-state index contributed by atoms with van der Waals surface area (Å²) in [5.41, 5.74) is 10.5. The summed E-state index contributed by atoms with van der Waals surface area (Å²) in [6, 6.07) is 22.4. The van der Waals surface area contributed by atoms with E-state index in [2.05, 4.69) is 15.5 Å². The van der Waals surface area contributed by atoms with Crippen LogP contribution in [0.4, 0.5) is 22.7 Å². The minimum absolute atomic E-state index is 0.233. The van der Waals surface area contributed by atoms with Gasteiger partial charge >= 0.3 is 0 Å². The van der Waals surface area contributed by atoms with Gasteiger partial charge in [-0.15, -0.1) is 0 Å². The molecule has 3 rings (SSSR count). The first-order valence-corrected chi connectivity index (χ1v) is 8.78. The van der Waals surface area contributed by atoms with Crippen molar-refractivity contribution < 1.29 is 4.79 Å². The molecular weight excluding hydrogens is 348 g/mol. The summed E-state index contributed by atoms with van der Waals surface area (Å²) in [6.45, 7) is 7.71. The molecule has 0 fully saturated rings. The summed E-state index contributed by atoms with van der Waals surface area (Å²) >= 11 is 0. The summed E-state index contributed by atoms with van der Waals surface area (Å²) in [5, 5.41) is 6.06. The van der Waals surface area contributed by atoms with Crippen LogP contribution < -0.4 is 16.4 Å². The predicted molar refractivity (Wildman–Crippen MR) is 115 cm³/mol. The number of hydrogen-bond acceptors (Lipinski definition) is 3. The zero-order chi connectivity index (χ0) is 19.8. The normalized spacial score (nSPS) is 10.4. The number of carbonyl (C=O) groups excluding carboxylic acids is 1. The van der Waals surface area contributed by atoms with Crippen LogP contribution in [-0.4, -0.2) is 5.91 Å². The van der Waals surface area contributed by atoms with Gasteiger partial charge in [-0.05, 0) is 41.5 Å². The molecule has 1 amide bonds. The Morgan fingerprint density at radius 1 is 1.04 bits per heavy atom. The fourth-order valence-electron chi connectivity index (χ4n) is 2.59. The van der Waals surface area contributed by atoms with E-state index in [-0.39, 0.29) is 5.91 Å². The Kier molecular flexibility index (Phi) is 6.06. The van der Waals surface area contributed by atoms with Crippen molar-refractivity contribution in [1.29, 1.82) is 0 Å². The molecule has 5 heteroatoms. The molecule has 0 unspecified atom stereocenters. The lowest BCUT2D eigenvalue weighted by atomic mass is 10.1. The van der Waals surface area contributed by atoms with Crippen LogP contribution in [0.15, 0.2) is 78.9 Å². The van der Waals surface area contributed by atoms with Gasteiger partial charge in [-0.3, -0.25) is 4.79 Å². The number of nitrogens with one attached hydrogen (secondary N) is 2. The Labute approximate surface area is 164 Å². The van der Waals surface area contributed by atoms with Gasteiger partial charge in [0.15, 0.2) is 5.69 Å². The topological polar surface area (TPSA) is 71.5 Å². The third kappa shape index (κ3) is 5.23. The average Bonchev–Trinajstić information content (AvgIpc) is 2.73. The molecule has 3 aromatic carbocycles. The zero-order valence-electron chi connectivity index (χ0n) is 15.2. The van der Waals surface area contributed by atoms with Crippen LogP contribution in [0.2, 0.25) is 0 Å². The van der Waals surface area contributed by atoms with Crippen LogP contribution in [0, 0.1) is 6.57 Å². The Bertz CT molecular complexity index is 1030. The maximum Gasteiger partial charge on any atom is 0.248 e. The van der Waals surface area contributed by atoms with Crippen LogP contribution >= 0.6 is 0 Å². The van der Waals surface area contributed by atoms with Gasteiger partial charge in [-0.1, -0.05) is 48.5 Å². The van der Waals surface area contributed by atoms with Crippen molar-refractivity contribution in [2.24, 2.45) is 0 Å². The molecule has 0 spiro atoms. The minimum atomic E-state index is -0.233. The maximum absolute atomic E-state index is 12.0. The molecule has 4 N–H and O–H groups in total. The molecule has 28 heavy (non-hydrogen) atoms. The van der Waals surface area contributed by atoms with Gasteiger partial charge in [0.1, 0.15) is 0 Å². The molecule has 5 nitrogen and oxygen atoms in total. The Morgan fingerprint density at radius 2 is 1.82 bits per heavy atom. The smallest absolute Gasteiger partial charge is 0.248 e.